The van der Waals surface area contributed by atoms with Gasteiger partial charge in [0.2, 0.25) is 5.95 Å². The van der Waals surface area contributed by atoms with Crippen LogP contribution < -0.4 is 10.6 Å². The SMILES string of the molecule is NCC1CCCN(c2n[nH]c(-c3ccncc3F)n2)C1. The minimum absolute atomic E-state index is 0.381. The van der Waals surface area contributed by atoms with Crippen LogP contribution in [0.4, 0.5) is 10.3 Å². The summed E-state index contributed by atoms with van der Waals surface area (Å²) in [7, 11) is 0. The quantitative estimate of drug-likeness (QED) is 0.879. The number of nitrogens with two attached hydrogens (primary N) is 1. The number of H-pyrrole nitrogens is 1. The number of hydrogen-bond acceptors (Lipinski definition) is 5. The molecule has 7 heteroatoms. The summed E-state index contributed by atoms with van der Waals surface area (Å²) in [4.78, 5) is 10.2. The number of halogens is 1. The van der Waals surface area contributed by atoms with E-state index < -0.39 is 5.82 Å². The third-order valence-electron chi connectivity index (χ3n) is 3.64. The second-order valence-corrected chi connectivity index (χ2v) is 5.03. The first kappa shape index (κ1) is 13.0. The number of piperidine rings is 1. The van der Waals surface area contributed by atoms with Crippen LogP contribution in [0, 0.1) is 11.7 Å². The maximum Gasteiger partial charge on any atom is 0.245 e. The maximum absolute atomic E-state index is 13.7. The average molecular weight is 276 g/mol. The Labute approximate surface area is 116 Å². The summed E-state index contributed by atoms with van der Waals surface area (Å²) in [5.74, 6) is 1.10. The summed E-state index contributed by atoms with van der Waals surface area (Å²) in [6, 6.07) is 1.58. The van der Waals surface area contributed by atoms with E-state index in [2.05, 4.69) is 25.1 Å². The molecule has 6 nitrogen and oxygen atoms in total. The van der Waals surface area contributed by atoms with E-state index >= 15 is 0 Å². The lowest BCUT2D eigenvalue weighted by atomic mass is 9.99. The van der Waals surface area contributed by atoms with Gasteiger partial charge in [-0.3, -0.25) is 10.1 Å². The van der Waals surface area contributed by atoms with Gasteiger partial charge in [-0.1, -0.05) is 0 Å². The third kappa shape index (κ3) is 2.49. The van der Waals surface area contributed by atoms with Gasteiger partial charge >= 0.3 is 0 Å². The fourth-order valence-corrected chi connectivity index (χ4v) is 2.52. The van der Waals surface area contributed by atoms with Crippen molar-refractivity contribution in [3.05, 3.63) is 24.3 Å². The highest BCUT2D eigenvalue weighted by atomic mass is 19.1. The fourth-order valence-electron chi connectivity index (χ4n) is 2.52. The minimum Gasteiger partial charge on any atom is -0.339 e. The van der Waals surface area contributed by atoms with Crippen molar-refractivity contribution in [3.8, 4) is 11.4 Å². The molecule has 1 aliphatic rings. The zero-order chi connectivity index (χ0) is 13.9. The zero-order valence-corrected chi connectivity index (χ0v) is 11.1. The Morgan fingerprint density at radius 3 is 3.20 bits per heavy atom. The molecule has 0 amide bonds. The summed E-state index contributed by atoms with van der Waals surface area (Å²) in [5, 5.41) is 6.98. The van der Waals surface area contributed by atoms with Crippen LogP contribution in [-0.2, 0) is 0 Å². The smallest absolute Gasteiger partial charge is 0.245 e. The molecule has 3 rings (SSSR count). The number of rotatable bonds is 3. The molecule has 0 radical (unpaired) electrons. The third-order valence-corrected chi connectivity index (χ3v) is 3.64. The molecule has 2 aromatic rings. The van der Waals surface area contributed by atoms with E-state index in [0.29, 0.717) is 29.8 Å². The Morgan fingerprint density at radius 1 is 1.50 bits per heavy atom. The van der Waals surface area contributed by atoms with E-state index in [0.717, 1.165) is 25.9 Å². The molecular weight excluding hydrogens is 259 g/mol. The van der Waals surface area contributed by atoms with Crippen LogP contribution in [0.15, 0.2) is 18.5 Å². The number of nitrogens with zero attached hydrogens (tertiary/aromatic N) is 4. The number of nitrogens with one attached hydrogen (secondary N) is 1. The Morgan fingerprint density at radius 2 is 2.40 bits per heavy atom. The number of hydrogen-bond donors (Lipinski definition) is 2. The van der Waals surface area contributed by atoms with Crippen molar-refractivity contribution in [2.24, 2.45) is 11.7 Å². The summed E-state index contributed by atoms with van der Waals surface area (Å²) in [5.41, 5.74) is 6.11. The van der Waals surface area contributed by atoms with E-state index in [-0.39, 0.29) is 0 Å². The molecule has 3 heterocycles. The van der Waals surface area contributed by atoms with Gasteiger partial charge < -0.3 is 10.6 Å². The average Bonchev–Trinajstić information content (AvgIpc) is 2.97. The number of pyridine rings is 1. The van der Waals surface area contributed by atoms with Crippen LogP contribution in [0.3, 0.4) is 0 Å². The highest BCUT2D eigenvalue weighted by molar-refractivity contribution is 5.56. The highest BCUT2D eigenvalue weighted by Crippen LogP contribution is 2.23. The molecule has 3 N–H and O–H groups in total. The van der Waals surface area contributed by atoms with Crippen molar-refractivity contribution in [2.75, 3.05) is 24.5 Å². The molecule has 1 fully saturated rings. The van der Waals surface area contributed by atoms with Crippen LogP contribution >= 0.6 is 0 Å². The Balaban J connectivity index is 1.82. The summed E-state index contributed by atoms with van der Waals surface area (Å²) >= 11 is 0. The first-order valence-corrected chi connectivity index (χ1v) is 6.75. The van der Waals surface area contributed by atoms with Gasteiger partial charge in [0.15, 0.2) is 11.6 Å². The van der Waals surface area contributed by atoms with E-state index in [9.17, 15) is 4.39 Å². The summed E-state index contributed by atoms with van der Waals surface area (Å²) in [6.07, 6.45) is 4.92. The van der Waals surface area contributed by atoms with Crippen LogP contribution in [0.2, 0.25) is 0 Å². The molecule has 2 aromatic heterocycles. The fraction of sp³-hybridized carbons (Fsp3) is 0.462. The minimum atomic E-state index is -0.409. The molecule has 1 unspecified atom stereocenters. The lowest BCUT2D eigenvalue weighted by Gasteiger charge is -2.31. The van der Waals surface area contributed by atoms with Gasteiger partial charge in [-0.15, -0.1) is 5.10 Å². The second kappa shape index (κ2) is 5.54. The highest BCUT2D eigenvalue weighted by Gasteiger charge is 2.22. The van der Waals surface area contributed by atoms with E-state index in [4.69, 9.17) is 5.73 Å². The molecule has 0 bridgehead atoms. The molecule has 1 aliphatic heterocycles. The zero-order valence-electron chi connectivity index (χ0n) is 11.1. The summed E-state index contributed by atoms with van der Waals surface area (Å²) in [6.45, 7) is 2.44. The predicted octanol–water partition coefficient (Wildman–Crippen LogP) is 1.18. The van der Waals surface area contributed by atoms with Crippen molar-refractivity contribution < 1.29 is 4.39 Å². The van der Waals surface area contributed by atoms with Gasteiger partial charge in [-0.25, -0.2) is 4.39 Å². The van der Waals surface area contributed by atoms with Gasteiger partial charge in [0.05, 0.1) is 11.8 Å². The Kier molecular flexibility index (Phi) is 3.60. The lowest BCUT2D eigenvalue weighted by molar-refractivity contribution is 0.420. The van der Waals surface area contributed by atoms with Crippen molar-refractivity contribution in [3.63, 3.8) is 0 Å². The number of aromatic nitrogens is 4. The van der Waals surface area contributed by atoms with Crippen LogP contribution in [-0.4, -0.2) is 39.8 Å². The van der Waals surface area contributed by atoms with Gasteiger partial charge in [0.25, 0.3) is 0 Å². The molecule has 106 valence electrons. The normalized spacial score (nSPS) is 19.3. The first-order valence-electron chi connectivity index (χ1n) is 6.75. The van der Waals surface area contributed by atoms with Crippen LogP contribution in [0.5, 0.6) is 0 Å². The number of anilines is 1. The Hall–Kier alpha value is -2.02. The van der Waals surface area contributed by atoms with E-state index in [1.807, 2.05) is 0 Å². The topological polar surface area (TPSA) is 83.7 Å². The molecule has 1 saturated heterocycles. The van der Waals surface area contributed by atoms with Crippen molar-refractivity contribution in [1.29, 1.82) is 0 Å². The number of aromatic amines is 1. The molecule has 1 atom stereocenters. The van der Waals surface area contributed by atoms with Crippen molar-refractivity contribution >= 4 is 5.95 Å². The largest absolute Gasteiger partial charge is 0.339 e. The molecule has 0 saturated carbocycles. The lowest BCUT2D eigenvalue weighted by Crippen LogP contribution is -2.38. The predicted molar refractivity (Wildman–Crippen MR) is 73.6 cm³/mol. The van der Waals surface area contributed by atoms with Crippen molar-refractivity contribution in [1.82, 2.24) is 20.2 Å². The second-order valence-electron chi connectivity index (χ2n) is 5.03. The van der Waals surface area contributed by atoms with Gasteiger partial charge in [-0.05, 0) is 31.4 Å². The summed E-state index contributed by atoms with van der Waals surface area (Å²) < 4.78 is 13.7. The molecule has 0 aromatic carbocycles. The van der Waals surface area contributed by atoms with Crippen LogP contribution in [0.1, 0.15) is 12.8 Å². The maximum atomic E-state index is 13.7. The Bertz CT molecular complexity index is 584. The van der Waals surface area contributed by atoms with E-state index in [1.54, 1.807) is 6.07 Å². The van der Waals surface area contributed by atoms with Gasteiger partial charge in [0.1, 0.15) is 0 Å². The van der Waals surface area contributed by atoms with E-state index in [1.165, 1.54) is 12.4 Å². The first-order chi connectivity index (χ1) is 9.78. The monoisotopic (exact) mass is 276 g/mol. The molecule has 0 aliphatic carbocycles. The molecular formula is C13H17FN6. The van der Waals surface area contributed by atoms with Crippen molar-refractivity contribution in [2.45, 2.75) is 12.8 Å². The van der Waals surface area contributed by atoms with Gasteiger partial charge in [0, 0.05) is 19.3 Å². The molecule has 0 spiro atoms. The van der Waals surface area contributed by atoms with Crippen LogP contribution in [0.25, 0.3) is 11.4 Å². The standard InChI is InChI=1S/C13H17FN6/c14-11-7-16-4-3-10(11)12-17-13(19-18-12)20-5-1-2-9(6-15)8-20/h3-4,7,9H,1-2,5-6,8,15H2,(H,17,18,19). The van der Waals surface area contributed by atoms with Gasteiger partial charge in [-0.2, -0.15) is 4.98 Å². The molecule has 20 heavy (non-hydrogen) atoms.